The van der Waals surface area contributed by atoms with Gasteiger partial charge in [0.25, 0.3) is 11.3 Å². The average Bonchev–Trinajstić information content (AvgIpc) is 2.99. The molecule has 3 atom stereocenters. The monoisotopic (exact) mass is 585 g/mol. The predicted molar refractivity (Wildman–Crippen MR) is 170 cm³/mol. The molecule has 3 unspecified atom stereocenters. The summed E-state index contributed by atoms with van der Waals surface area (Å²) >= 11 is -2.37. The van der Waals surface area contributed by atoms with Gasteiger partial charge in [-0.25, -0.2) is 4.21 Å². The zero-order chi connectivity index (χ0) is 29.6. The van der Waals surface area contributed by atoms with E-state index in [1.54, 1.807) is 0 Å². The lowest BCUT2D eigenvalue weighted by molar-refractivity contribution is -0.122. The second-order valence-electron chi connectivity index (χ2n) is 11.0. The van der Waals surface area contributed by atoms with Crippen molar-refractivity contribution in [2.45, 2.75) is 58.3 Å². The molecule has 1 amide bonds. The minimum Gasteiger partial charge on any atom is -0.493 e. The zero-order valence-corrected chi connectivity index (χ0v) is 25.2. The Hall–Kier alpha value is -3.72. The van der Waals surface area contributed by atoms with Crippen LogP contribution in [0.1, 0.15) is 62.4 Å². The van der Waals surface area contributed by atoms with Gasteiger partial charge in [-0.3, -0.25) is 18.6 Å². The number of ether oxygens (including phenoxy) is 1. The summed E-state index contributed by atoms with van der Waals surface area (Å²) in [4.78, 5) is 16.0. The summed E-state index contributed by atoms with van der Waals surface area (Å²) in [5, 5.41) is 5.19. The highest BCUT2D eigenvalue weighted by Crippen LogP contribution is 2.36. The van der Waals surface area contributed by atoms with E-state index in [9.17, 15) is 13.6 Å². The molecule has 0 bridgehead atoms. The first-order valence-electron chi connectivity index (χ1n) is 14.6. The van der Waals surface area contributed by atoms with E-state index in [4.69, 9.17) is 4.74 Å². The number of amides is 1. The molecule has 0 fully saturated rings. The second-order valence-corrected chi connectivity index (χ2v) is 11.9. The number of nitrogens with one attached hydrogen (secondary N) is 1. The average molecular weight is 586 g/mol. The molecule has 4 aromatic rings. The van der Waals surface area contributed by atoms with Crippen LogP contribution in [0, 0.1) is 0 Å². The minimum absolute atomic E-state index is 0.00770. The molecule has 2 N–H and O–H groups in total. The van der Waals surface area contributed by atoms with E-state index in [2.05, 4.69) is 49.2 Å². The van der Waals surface area contributed by atoms with Gasteiger partial charge >= 0.3 is 0 Å². The fraction of sp³-hybridized carbons (Fsp3) is 0.324. The third kappa shape index (κ3) is 6.84. The van der Waals surface area contributed by atoms with Gasteiger partial charge in [0.05, 0.1) is 30.8 Å². The van der Waals surface area contributed by atoms with Crippen molar-refractivity contribution < 1.29 is 18.3 Å². The lowest BCUT2D eigenvalue weighted by atomic mass is 9.97. The van der Waals surface area contributed by atoms with Gasteiger partial charge in [-0.15, -0.1) is 0 Å². The van der Waals surface area contributed by atoms with Crippen molar-refractivity contribution in [3.05, 3.63) is 108 Å². The summed E-state index contributed by atoms with van der Waals surface area (Å²) in [6, 6.07) is 28.8. The maximum absolute atomic E-state index is 13.6. The first-order valence-corrected chi connectivity index (χ1v) is 15.6. The molecule has 0 aliphatic carbocycles. The molecule has 220 valence electrons. The van der Waals surface area contributed by atoms with Crippen LogP contribution < -0.4 is 14.4 Å². The zero-order valence-electron chi connectivity index (χ0n) is 24.4. The van der Waals surface area contributed by atoms with Gasteiger partial charge < -0.3 is 10.1 Å². The summed E-state index contributed by atoms with van der Waals surface area (Å²) < 4.78 is 30.8. The van der Waals surface area contributed by atoms with Crippen molar-refractivity contribution in [1.82, 2.24) is 10.2 Å². The van der Waals surface area contributed by atoms with Crippen LogP contribution in [0.2, 0.25) is 0 Å². The van der Waals surface area contributed by atoms with Gasteiger partial charge in [0, 0.05) is 24.6 Å². The number of fused-ring (bicyclic) bond motifs is 2. The number of carbonyl (C=O) groups is 1. The summed E-state index contributed by atoms with van der Waals surface area (Å²) in [6.07, 6.45) is 0.662. The quantitative estimate of drug-likeness (QED) is 0.190. The molecule has 8 heteroatoms. The summed E-state index contributed by atoms with van der Waals surface area (Å²) in [5.74, 6) is 0.608. The van der Waals surface area contributed by atoms with Crippen LogP contribution in [0.3, 0.4) is 0 Å². The number of carbonyl (C=O) groups excluding carboxylic acids is 1. The molecule has 1 heterocycles. The highest BCUT2D eigenvalue weighted by molar-refractivity contribution is 7.80. The van der Waals surface area contributed by atoms with Gasteiger partial charge in [0.2, 0.25) is 5.91 Å². The van der Waals surface area contributed by atoms with E-state index >= 15 is 0 Å². The van der Waals surface area contributed by atoms with Crippen LogP contribution in [0.25, 0.3) is 10.8 Å². The van der Waals surface area contributed by atoms with Crippen LogP contribution in [0.15, 0.2) is 91.0 Å². The third-order valence-corrected chi connectivity index (χ3v) is 8.78. The van der Waals surface area contributed by atoms with Gasteiger partial charge in [0.15, 0.2) is 0 Å². The molecule has 1 aliphatic heterocycles. The molecule has 1 aliphatic rings. The molecule has 7 nitrogen and oxygen atoms in total. The maximum atomic E-state index is 13.6. The lowest BCUT2D eigenvalue weighted by Crippen LogP contribution is -2.37. The number of rotatable bonds is 11. The standard InChI is InChI=1S/C34H39N3O4S/c1-4-36(24(2)3)23-25-14-17-30-31(18-19-41-33(30)20-25)35-34(38)22-32(27-11-6-5-7-12-27)37(42(39)40)29-16-15-26-10-8-9-13-28(26)21-29/h5-17,20-21,24,31-32H,4,18-19,22-23H2,1-3H3,(H,35,38)(H,39,40). The Balaban J connectivity index is 1.39. The van der Waals surface area contributed by atoms with Crippen LogP contribution in [0.5, 0.6) is 5.75 Å². The van der Waals surface area contributed by atoms with Crippen molar-refractivity contribution in [2.75, 3.05) is 17.5 Å². The molecule has 5 rings (SSSR count). The molecule has 0 spiro atoms. The maximum Gasteiger partial charge on any atom is 0.262 e. The molecule has 42 heavy (non-hydrogen) atoms. The molecule has 0 saturated heterocycles. The Kier molecular flexibility index (Phi) is 9.57. The number of benzene rings is 4. The molecular weight excluding hydrogens is 546 g/mol. The van der Waals surface area contributed by atoms with Crippen molar-refractivity contribution in [2.24, 2.45) is 0 Å². The van der Waals surface area contributed by atoms with Crippen molar-refractivity contribution in [1.29, 1.82) is 0 Å². The van der Waals surface area contributed by atoms with Gasteiger partial charge in [-0.05, 0) is 60.5 Å². The van der Waals surface area contributed by atoms with Crippen LogP contribution in [-0.4, -0.2) is 38.8 Å². The second kappa shape index (κ2) is 13.5. The van der Waals surface area contributed by atoms with Crippen molar-refractivity contribution in [3.8, 4) is 5.75 Å². The Morgan fingerprint density at radius 1 is 1.00 bits per heavy atom. The fourth-order valence-corrected chi connectivity index (χ4v) is 6.42. The smallest absolute Gasteiger partial charge is 0.262 e. The van der Waals surface area contributed by atoms with Gasteiger partial charge in [-0.1, -0.05) is 79.7 Å². The summed E-state index contributed by atoms with van der Waals surface area (Å²) in [6.45, 7) is 8.86. The molecular formula is C34H39N3O4S. The van der Waals surface area contributed by atoms with E-state index < -0.39 is 17.3 Å². The van der Waals surface area contributed by atoms with E-state index in [-0.39, 0.29) is 18.4 Å². The van der Waals surface area contributed by atoms with Crippen molar-refractivity contribution in [3.63, 3.8) is 0 Å². The first-order chi connectivity index (χ1) is 20.3. The van der Waals surface area contributed by atoms with Crippen LogP contribution in [0.4, 0.5) is 5.69 Å². The van der Waals surface area contributed by atoms with E-state index in [1.165, 1.54) is 9.87 Å². The molecule has 4 aromatic carbocycles. The highest BCUT2D eigenvalue weighted by Gasteiger charge is 2.30. The minimum atomic E-state index is -2.37. The van der Waals surface area contributed by atoms with Gasteiger partial charge in [-0.2, -0.15) is 0 Å². The van der Waals surface area contributed by atoms with E-state index in [1.807, 2.05) is 72.8 Å². The number of anilines is 1. The topological polar surface area (TPSA) is 82.1 Å². The summed E-state index contributed by atoms with van der Waals surface area (Å²) in [7, 11) is 0. The molecule has 0 radical (unpaired) electrons. The fourth-order valence-electron chi connectivity index (χ4n) is 5.71. The first kappa shape index (κ1) is 29.8. The Morgan fingerprint density at radius 3 is 2.45 bits per heavy atom. The van der Waals surface area contributed by atoms with Crippen LogP contribution >= 0.6 is 0 Å². The Morgan fingerprint density at radius 2 is 1.74 bits per heavy atom. The van der Waals surface area contributed by atoms with E-state index in [0.29, 0.717) is 24.8 Å². The number of nitrogens with zero attached hydrogens (tertiary/aromatic N) is 2. The number of hydrogen-bond acceptors (Lipinski definition) is 4. The van der Waals surface area contributed by atoms with Crippen molar-refractivity contribution >= 4 is 33.6 Å². The van der Waals surface area contributed by atoms with Gasteiger partial charge in [0.1, 0.15) is 5.75 Å². The largest absolute Gasteiger partial charge is 0.493 e. The van der Waals surface area contributed by atoms with E-state index in [0.717, 1.165) is 40.7 Å². The third-order valence-electron chi connectivity index (χ3n) is 7.98. The Bertz CT molecular complexity index is 1540. The predicted octanol–water partition coefficient (Wildman–Crippen LogP) is 6.78. The van der Waals surface area contributed by atoms with Crippen LogP contribution in [-0.2, 0) is 22.6 Å². The molecule has 0 aromatic heterocycles. The highest BCUT2D eigenvalue weighted by atomic mass is 32.2. The number of hydrogen-bond donors (Lipinski definition) is 2. The lowest BCUT2D eigenvalue weighted by Gasteiger charge is -2.32. The summed E-state index contributed by atoms with van der Waals surface area (Å²) in [5.41, 5.74) is 3.49. The SMILES string of the molecule is CCN(Cc1ccc2c(c1)OCCC2NC(=O)CC(c1ccccc1)N(c1ccc2ccccc2c1)S(=O)O)C(C)C. The molecule has 0 saturated carbocycles. The normalized spacial score (nSPS) is 16.1. The Labute approximate surface area is 250 Å².